The minimum Gasteiger partial charge on any atom is -0.356 e. The molecule has 0 aliphatic carbocycles. The maximum absolute atomic E-state index is 12.8. The topological polar surface area (TPSA) is 67.2 Å². The van der Waals surface area contributed by atoms with Crippen molar-refractivity contribution < 1.29 is 9.59 Å². The average molecular weight is 511 g/mol. The first-order valence-electron chi connectivity index (χ1n) is 13.7. The number of fused-ring (bicyclic) bond motifs is 1. The first-order chi connectivity index (χ1) is 18.6. The van der Waals surface area contributed by atoms with Crippen LogP contribution in [0.1, 0.15) is 44.5 Å². The zero-order valence-corrected chi connectivity index (χ0v) is 22.5. The summed E-state index contributed by atoms with van der Waals surface area (Å²) in [6.07, 6.45) is 4.05. The molecule has 1 N–H and O–H groups in total. The predicted octanol–water partition coefficient (Wildman–Crippen LogP) is 5.64. The molecule has 38 heavy (non-hydrogen) atoms. The Morgan fingerprint density at radius 1 is 0.816 bits per heavy atom. The molecule has 0 atom stereocenters. The number of nitrogens with one attached hydrogen (secondary N) is 1. The van der Waals surface area contributed by atoms with Crippen LogP contribution in [0.4, 0.5) is 0 Å². The molecule has 1 heterocycles. The quantitative estimate of drug-likeness (QED) is 0.237. The predicted molar refractivity (Wildman–Crippen MR) is 154 cm³/mol. The number of rotatable bonds is 13. The normalized spacial score (nSPS) is 11.0. The van der Waals surface area contributed by atoms with Gasteiger partial charge in [-0.25, -0.2) is 4.98 Å². The molecular weight excluding hydrogens is 472 g/mol. The Morgan fingerprint density at radius 3 is 2.24 bits per heavy atom. The highest BCUT2D eigenvalue weighted by atomic mass is 16.2. The summed E-state index contributed by atoms with van der Waals surface area (Å²) in [6.45, 7) is 6.42. The van der Waals surface area contributed by atoms with Crippen molar-refractivity contribution in [3.05, 3.63) is 90.3 Å². The van der Waals surface area contributed by atoms with Crippen molar-refractivity contribution in [1.29, 1.82) is 0 Å². The van der Waals surface area contributed by atoms with E-state index in [2.05, 4.69) is 34.1 Å². The van der Waals surface area contributed by atoms with Crippen LogP contribution in [0.15, 0.2) is 78.9 Å². The van der Waals surface area contributed by atoms with E-state index in [9.17, 15) is 9.59 Å². The van der Waals surface area contributed by atoms with Crippen LogP contribution in [0.25, 0.3) is 22.2 Å². The third-order valence-electron chi connectivity index (χ3n) is 6.97. The molecule has 6 nitrogen and oxygen atoms in total. The van der Waals surface area contributed by atoms with Crippen molar-refractivity contribution in [2.45, 2.75) is 52.5 Å². The van der Waals surface area contributed by atoms with Crippen LogP contribution in [-0.4, -0.2) is 45.9 Å². The molecular formula is C32H38N4O2. The summed E-state index contributed by atoms with van der Waals surface area (Å²) in [4.78, 5) is 31.9. The van der Waals surface area contributed by atoms with Gasteiger partial charge in [-0.1, -0.05) is 73.2 Å². The van der Waals surface area contributed by atoms with E-state index in [1.807, 2.05) is 73.3 Å². The van der Waals surface area contributed by atoms with E-state index in [1.165, 1.54) is 5.56 Å². The lowest BCUT2D eigenvalue weighted by Gasteiger charge is -2.20. The van der Waals surface area contributed by atoms with Crippen LogP contribution >= 0.6 is 0 Å². The van der Waals surface area contributed by atoms with Gasteiger partial charge in [0.25, 0.3) is 0 Å². The Bertz CT molecular complexity index is 1320. The first-order valence-corrected chi connectivity index (χ1v) is 13.7. The maximum Gasteiger partial charge on any atom is 0.242 e. The fraction of sp³-hybridized carbons (Fsp3) is 0.344. The minimum atomic E-state index is 0.0502. The second-order valence-electron chi connectivity index (χ2n) is 9.57. The van der Waals surface area contributed by atoms with Crippen molar-refractivity contribution in [3.63, 3.8) is 0 Å². The summed E-state index contributed by atoms with van der Waals surface area (Å²) in [6, 6.07) is 26.4. The number of carbonyl (C=O) groups is 2. The number of carbonyl (C=O) groups excluding carboxylic acids is 2. The SMILES string of the molecule is CCN(CC)C(=O)Cn1c(CCCCCNC(=O)Cc2ccc(-c3ccccc3)cc2)nc2ccccc21. The minimum absolute atomic E-state index is 0.0502. The number of hydrogen-bond donors (Lipinski definition) is 1. The highest BCUT2D eigenvalue weighted by Crippen LogP contribution is 2.20. The zero-order chi connectivity index (χ0) is 26.7. The van der Waals surface area contributed by atoms with Crippen LogP contribution < -0.4 is 5.32 Å². The second-order valence-corrected chi connectivity index (χ2v) is 9.57. The summed E-state index contributed by atoms with van der Waals surface area (Å²) in [5.74, 6) is 1.13. The maximum atomic E-state index is 12.8. The molecule has 0 fully saturated rings. The van der Waals surface area contributed by atoms with Crippen molar-refractivity contribution in [1.82, 2.24) is 19.8 Å². The highest BCUT2D eigenvalue weighted by molar-refractivity contribution is 5.81. The lowest BCUT2D eigenvalue weighted by Crippen LogP contribution is -2.33. The summed E-state index contributed by atoms with van der Waals surface area (Å²) in [5, 5.41) is 3.05. The largest absolute Gasteiger partial charge is 0.356 e. The summed E-state index contributed by atoms with van der Waals surface area (Å²) < 4.78 is 2.07. The van der Waals surface area contributed by atoms with Crippen LogP contribution in [0, 0.1) is 0 Å². The van der Waals surface area contributed by atoms with Gasteiger partial charge in [0.15, 0.2) is 0 Å². The van der Waals surface area contributed by atoms with Crippen molar-refractivity contribution >= 4 is 22.8 Å². The molecule has 0 saturated heterocycles. The van der Waals surface area contributed by atoms with Gasteiger partial charge in [-0.05, 0) is 55.5 Å². The van der Waals surface area contributed by atoms with Gasteiger partial charge in [-0.2, -0.15) is 0 Å². The van der Waals surface area contributed by atoms with Gasteiger partial charge < -0.3 is 14.8 Å². The van der Waals surface area contributed by atoms with E-state index in [1.54, 1.807) is 0 Å². The number of amides is 2. The van der Waals surface area contributed by atoms with E-state index < -0.39 is 0 Å². The molecule has 6 heteroatoms. The van der Waals surface area contributed by atoms with Crippen LogP contribution in [-0.2, 0) is 29.0 Å². The van der Waals surface area contributed by atoms with Gasteiger partial charge in [0.05, 0.1) is 17.5 Å². The van der Waals surface area contributed by atoms with Crippen molar-refractivity contribution in [2.75, 3.05) is 19.6 Å². The Hall–Kier alpha value is -3.93. The number of nitrogens with zero attached hydrogens (tertiary/aromatic N) is 3. The number of para-hydroxylation sites is 2. The first kappa shape index (κ1) is 27.1. The number of benzene rings is 3. The molecule has 0 aliphatic rings. The van der Waals surface area contributed by atoms with Gasteiger partial charge in [-0.15, -0.1) is 0 Å². The van der Waals surface area contributed by atoms with Crippen LogP contribution in [0.3, 0.4) is 0 Å². The number of aryl methyl sites for hydroxylation is 1. The lowest BCUT2D eigenvalue weighted by atomic mass is 10.0. The van der Waals surface area contributed by atoms with Gasteiger partial charge >= 0.3 is 0 Å². The second kappa shape index (κ2) is 13.6. The third-order valence-corrected chi connectivity index (χ3v) is 6.97. The molecule has 1 aromatic heterocycles. The molecule has 0 spiro atoms. The molecule has 3 aromatic carbocycles. The molecule has 4 aromatic rings. The fourth-order valence-corrected chi connectivity index (χ4v) is 4.81. The highest BCUT2D eigenvalue weighted by Gasteiger charge is 2.16. The molecule has 0 radical (unpaired) electrons. The van der Waals surface area contributed by atoms with E-state index in [0.717, 1.165) is 53.7 Å². The Morgan fingerprint density at radius 2 is 1.50 bits per heavy atom. The number of imidazole rings is 1. The third kappa shape index (κ3) is 7.09. The summed E-state index contributed by atoms with van der Waals surface area (Å²) in [7, 11) is 0. The Balaban J connectivity index is 1.22. The molecule has 0 bridgehead atoms. The van der Waals surface area contributed by atoms with E-state index in [-0.39, 0.29) is 11.8 Å². The number of hydrogen-bond acceptors (Lipinski definition) is 3. The molecule has 4 rings (SSSR count). The van der Waals surface area contributed by atoms with Crippen molar-refractivity contribution in [2.24, 2.45) is 0 Å². The van der Waals surface area contributed by atoms with Gasteiger partial charge in [0.1, 0.15) is 12.4 Å². The molecule has 0 unspecified atom stereocenters. The molecule has 2 amide bonds. The number of unbranched alkanes of at least 4 members (excludes halogenated alkanes) is 2. The summed E-state index contributed by atoms with van der Waals surface area (Å²) in [5.41, 5.74) is 5.28. The van der Waals surface area contributed by atoms with E-state index >= 15 is 0 Å². The molecule has 0 aliphatic heterocycles. The van der Waals surface area contributed by atoms with E-state index in [0.29, 0.717) is 32.6 Å². The average Bonchev–Trinajstić information content (AvgIpc) is 3.29. The standard InChI is InChI=1S/C32H38N4O2/c1-3-35(4-2)32(38)24-36-29-16-11-10-15-28(29)34-30(36)17-9-6-12-22-33-31(37)23-25-18-20-27(21-19-25)26-13-7-5-8-14-26/h5,7-8,10-11,13-16,18-21H,3-4,6,9,12,17,22-24H2,1-2H3,(H,33,37). The summed E-state index contributed by atoms with van der Waals surface area (Å²) >= 11 is 0. The van der Waals surface area contributed by atoms with Gasteiger partial charge in [0, 0.05) is 26.1 Å². The Kier molecular flexibility index (Phi) is 9.68. The number of aromatic nitrogens is 2. The number of likely N-dealkylation sites (N-methyl/N-ethyl adjacent to an activating group) is 1. The molecule has 198 valence electrons. The fourth-order valence-electron chi connectivity index (χ4n) is 4.81. The smallest absolute Gasteiger partial charge is 0.242 e. The molecule has 0 saturated carbocycles. The van der Waals surface area contributed by atoms with Gasteiger partial charge in [-0.3, -0.25) is 9.59 Å². The van der Waals surface area contributed by atoms with Crippen LogP contribution in [0.5, 0.6) is 0 Å². The van der Waals surface area contributed by atoms with E-state index in [4.69, 9.17) is 4.98 Å². The van der Waals surface area contributed by atoms with Crippen molar-refractivity contribution in [3.8, 4) is 11.1 Å². The van der Waals surface area contributed by atoms with Crippen LogP contribution in [0.2, 0.25) is 0 Å². The lowest BCUT2D eigenvalue weighted by molar-refractivity contribution is -0.131. The van der Waals surface area contributed by atoms with Gasteiger partial charge in [0.2, 0.25) is 11.8 Å². The zero-order valence-electron chi connectivity index (χ0n) is 22.5. The Labute approximate surface area is 225 Å². The monoisotopic (exact) mass is 510 g/mol.